The van der Waals surface area contributed by atoms with Crippen LogP contribution in [0.1, 0.15) is 29.0 Å². The predicted octanol–water partition coefficient (Wildman–Crippen LogP) is 4.45. The zero-order chi connectivity index (χ0) is 21.7. The van der Waals surface area contributed by atoms with Crippen molar-refractivity contribution in [2.75, 3.05) is 13.2 Å². The lowest BCUT2D eigenvalue weighted by Gasteiger charge is -2.17. The molecule has 1 unspecified atom stereocenters. The number of benzene rings is 1. The van der Waals surface area contributed by atoms with E-state index in [4.69, 9.17) is 0 Å². The standard InChI is InChI=1S/C18H16F6N2O3/c1-11(14-4-2-3-7-25-14)26-16(27)13-8-12(28-9-17(19,20)21)5-6-15(13)29-10-18(22,23)24/h2-8,11H,9-10H2,1H3,(H,26,27). The van der Waals surface area contributed by atoms with Crippen molar-refractivity contribution >= 4 is 5.91 Å². The Kier molecular flexibility index (Phi) is 6.93. The maximum absolute atomic E-state index is 12.5. The van der Waals surface area contributed by atoms with Crippen molar-refractivity contribution in [1.29, 1.82) is 0 Å². The number of ether oxygens (including phenoxy) is 2. The van der Waals surface area contributed by atoms with Crippen LogP contribution in [0.5, 0.6) is 11.5 Å². The minimum absolute atomic E-state index is 0.350. The summed E-state index contributed by atoms with van der Waals surface area (Å²) < 4.78 is 83.5. The summed E-state index contributed by atoms with van der Waals surface area (Å²) in [5, 5.41) is 2.51. The Morgan fingerprint density at radius 3 is 2.28 bits per heavy atom. The number of carbonyl (C=O) groups excluding carboxylic acids is 1. The number of hydrogen-bond donors (Lipinski definition) is 1. The normalized spacial score (nSPS) is 12.9. The number of aromatic nitrogens is 1. The van der Waals surface area contributed by atoms with Gasteiger partial charge in [0.15, 0.2) is 13.2 Å². The molecular weight excluding hydrogens is 406 g/mol. The van der Waals surface area contributed by atoms with Crippen LogP contribution >= 0.6 is 0 Å². The number of pyridine rings is 1. The van der Waals surface area contributed by atoms with Gasteiger partial charge in [-0.25, -0.2) is 0 Å². The summed E-state index contributed by atoms with van der Waals surface area (Å²) >= 11 is 0. The van der Waals surface area contributed by atoms with Gasteiger partial charge in [-0.15, -0.1) is 0 Å². The second-order valence-electron chi connectivity index (χ2n) is 5.92. The van der Waals surface area contributed by atoms with Gasteiger partial charge < -0.3 is 14.8 Å². The van der Waals surface area contributed by atoms with Crippen LogP contribution in [0.3, 0.4) is 0 Å². The number of nitrogens with one attached hydrogen (secondary N) is 1. The molecule has 158 valence electrons. The Hall–Kier alpha value is -2.98. The molecule has 0 saturated carbocycles. The molecular formula is C18H16F6N2O3. The Bertz CT molecular complexity index is 825. The van der Waals surface area contributed by atoms with Crippen LogP contribution < -0.4 is 14.8 Å². The number of amides is 1. The lowest BCUT2D eigenvalue weighted by atomic mass is 10.1. The summed E-state index contributed by atoms with van der Waals surface area (Å²) in [6.45, 7) is -1.71. The van der Waals surface area contributed by atoms with E-state index in [1.807, 2.05) is 0 Å². The summed E-state index contributed by atoms with van der Waals surface area (Å²) in [5.74, 6) is -1.66. The first-order valence-corrected chi connectivity index (χ1v) is 8.19. The van der Waals surface area contributed by atoms with Crippen molar-refractivity contribution in [2.45, 2.75) is 25.3 Å². The van der Waals surface area contributed by atoms with Crippen LogP contribution in [0.25, 0.3) is 0 Å². The van der Waals surface area contributed by atoms with Crippen molar-refractivity contribution < 1.29 is 40.6 Å². The minimum Gasteiger partial charge on any atom is -0.484 e. The molecule has 1 aromatic heterocycles. The van der Waals surface area contributed by atoms with E-state index in [0.29, 0.717) is 5.69 Å². The highest BCUT2D eigenvalue weighted by Gasteiger charge is 2.30. The monoisotopic (exact) mass is 422 g/mol. The molecule has 0 aliphatic heterocycles. The zero-order valence-electron chi connectivity index (χ0n) is 15.0. The fraction of sp³-hybridized carbons (Fsp3) is 0.333. The van der Waals surface area contributed by atoms with Crippen LogP contribution in [0, 0.1) is 0 Å². The second-order valence-corrected chi connectivity index (χ2v) is 5.92. The Morgan fingerprint density at radius 2 is 1.69 bits per heavy atom. The number of halogens is 6. The van der Waals surface area contributed by atoms with E-state index in [1.165, 1.54) is 6.20 Å². The lowest BCUT2D eigenvalue weighted by Crippen LogP contribution is -2.28. The molecule has 0 bridgehead atoms. The molecule has 11 heteroatoms. The molecule has 0 aliphatic carbocycles. The summed E-state index contributed by atoms with van der Waals surface area (Å²) in [5.41, 5.74) is 0.0693. The largest absolute Gasteiger partial charge is 0.484 e. The number of carbonyl (C=O) groups is 1. The number of rotatable bonds is 7. The number of hydrogen-bond acceptors (Lipinski definition) is 4. The van der Waals surface area contributed by atoms with Crippen molar-refractivity contribution in [3.63, 3.8) is 0 Å². The van der Waals surface area contributed by atoms with Crippen molar-refractivity contribution in [3.05, 3.63) is 53.9 Å². The van der Waals surface area contributed by atoms with Crippen LogP contribution in [0.15, 0.2) is 42.6 Å². The molecule has 1 amide bonds. The van der Waals surface area contributed by atoms with Gasteiger partial charge in [-0.3, -0.25) is 9.78 Å². The molecule has 1 heterocycles. The third-order valence-corrected chi connectivity index (χ3v) is 3.47. The third-order valence-electron chi connectivity index (χ3n) is 3.47. The Balaban J connectivity index is 2.24. The molecule has 1 atom stereocenters. The predicted molar refractivity (Wildman–Crippen MR) is 89.7 cm³/mol. The van der Waals surface area contributed by atoms with Crippen LogP contribution in [0.2, 0.25) is 0 Å². The van der Waals surface area contributed by atoms with Gasteiger partial charge in [-0.05, 0) is 37.3 Å². The average molecular weight is 422 g/mol. The first kappa shape index (κ1) is 22.3. The average Bonchev–Trinajstić information content (AvgIpc) is 2.64. The highest BCUT2D eigenvalue weighted by Crippen LogP contribution is 2.28. The molecule has 0 saturated heterocycles. The molecule has 29 heavy (non-hydrogen) atoms. The summed E-state index contributed by atoms with van der Waals surface area (Å²) in [7, 11) is 0. The van der Waals surface area contributed by atoms with Gasteiger partial charge in [-0.1, -0.05) is 6.07 Å². The number of nitrogens with zero attached hydrogens (tertiary/aromatic N) is 1. The zero-order valence-corrected chi connectivity index (χ0v) is 15.0. The van der Waals surface area contributed by atoms with E-state index in [2.05, 4.69) is 19.8 Å². The fourth-order valence-corrected chi connectivity index (χ4v) is 2.21. The van der Waals surface area contributed by atoms with Gasteiger partial charge in [0.05, 0.1) is 17.3 Å². The summed E-state index contributed by atoms with van der Waals surface area (Å²) in [6, 6.07) is 7.14. The van der Waals surface area contributed by atoms with Gasteiger partial charge in [-0.2, -0.15) is 26.3 Å². The first-order valence-electron chi connectivity index (χ1n) is 8.19. The van der Waals surface area contributed by atoms with Gasteiger partial charge >= 0.3 is 12.4 Å². The first-order chi connectivity index (χ1) is 13.4. The highest BCUT2D eigenvalue weighted by atomic mass is 19.4. The third kappa shape index (κ3) is 7.51. The van der Waals surface area contributed by atoms with Crippen molar-refractivity contribution in [3.8, 4) is 11.5 Å². The molecule has 1 aromatic carbocycles. The van der Waals surface area contributed by atoms with Crippen LogP contribution in [0.4, 0.5) is 26.3 Å². The molecule has 2 aromatic rings. The SMILES string of the molecule is CC(NC(=O)c1cc(OCC(F)(F)F)ccc1OCC(F)(F)F)c1ccccn1. The van der Waals surface area contributed by atoms with Crippen molar-refractivity contribution in [1.82, 2.24) is 10.3 Å². The highest BCUT2D eigenvalue weighted by molar-refractivity contribution is 5.97. The maximum Gasteiger partial charge on any atom is 0.422 e. The second kappa shape index (κ2) is 9.01. The summed E-state index contributed by atoms with van der Waals surface area (Å²) in [6.07, 6.45) is -7.80. The van der Waals surface area contributed by atoms with Gasteiger partial charge in [0, 0.05) is 6.20 Å². The molecule has 0 fully saturated rings. The smallest absolute Gasteiger partial charge is 0.422 e. The van der Waals surface area contributed by atoms with Gasteiger partial charge in [0.2, 0.25) is 0 Å². The van der Waals surface area contributed by atoms with E-state index in [-0.39, 0.29) is 5.75 Å². The van der Waals surface area contributed by atoms with E-state index in [1.54, 1.807) is 25.1 Å². The van der Waals surface area contributed by atoms with Crippen LogP contribution in [-0.2, 0) is 0 Å². The molecule has 0 aliphatic rings. The Morgan fingerprint density at radius 1 is 1.03 bits per heavy atom. The van der Waals surface area contributed by atoms with Crippen molar-refractivity contribution in [2.24, 2.45) is 0 Å². The minimum atomic E-state index is -4.67. The van der Waals surface area contributed by atoms with E-state index in [9.17, 15) is 31.1 Å². The number of alkyl halides is 6. The maximum atomic E-state index is 12.5. The quantitative estimate of drug-likeness (QED) is 0.670. The molecule has 2 rings (SSSR count). The topological polar surface area (TPSA) is 60.5 Å². The molecule has 1 N–H and O–H groups in total. The lowest BCUT2D eigenvalue weighted by molar-refractivity contribution is -0.154. The van der Waals surface area contributed by atoms with Crippen LogP contribution in [-0.4, -0.2) is 36.5 Å². The van der Waals surface area contributed by atoms with E-state index < -0.39 is 48.8 Å². The Labute approximate surface area is 161 Å². The molecule has 0 spiro atoms. The molecule has 5 nitrogen and oxygen atoms in total. The van der Waals surface area contributed by atoms with E-state index >= 15 is 0 Å². The molecule has 0 radical (unpaired) electrons. The summed E-state index contributed by atoms with van der Waals surface area (Å²) in [4.78, 5) is 16.6. The fourth-order valence-electron chi connectivity index (χ4n) is 2.21. The van der Waals surface area contributed by atoms with Gasteiger partial charge in [0.25, 0.3) is 5.91 Å². The van der Waals surface area contributed by atoms with E-state index in [0.717, 1.165) is 18.2 Å². The van der Waals surface area contributed by atoms with Gasteiger partial charge in [0.1, 0.15) is 11.5 Å².